The van der Waals surface area contributed by atoms with E-state index in [1.54, 1.807) is 31.2 Å². The summed E-state index contributed by atoms with van der Waals surface area (Å²) in [7, 11) is 0. The molecule has 0 saturated carbocycles. The molecule has 0 saturated heterocycles. The standard InChI is InChI=1S/C14H10Cl3N3O2/c1-8(11-5-6-12(15)14(17)13(11)16)18-19-9-3-2-4-10(7-9)20(21)22/h2-7,19H,1H3. The Morgan fingerprint density at radius 1 is 1.18 bits per heavy atom. The molecule has 0 aromatic heterocycles. The quantitative estimate of drug-likeness (QED) is 0.345. The number of nitro benzene ring substituents is 1. The molecule has 0 amide bonds. The first kappa shape index (κ1) is 16.5. The van der Waals surface area contributed by atoms with Gasteiger partial charge in [-0.25, -0.2) is 0 Å². The zero-order chi connectivity index (χ0) is 16.3. The minimum absolute atomic E-state index is 0.0228. The number of hydrogen-bond acceptors (Lipinski definition) is 4. The molecule has 0 fully saturated rings. The first-order valence-electron chi connectivity index (χ1n) is 6.08. The molecule has 0 heterocycles. The van der Waals surface area contributed by atoms with Gasteiger partial charge in [0.1, 0.15) is 0 Å². The van der Waals surface area contributed by atoms with E-state index < -0.39 is 4.92 Å². The maximum Gasteiger partial charge on any atom is 0.271 e. The molecule has 0 aliphatic carbocycles. The number of benzene rings is 2. The molecule has 0 aliphatic rings. The molecule has 1 N–H and O–H groups in total. The number of nitrogens with zero attached hydrogens (tertiary/aromatic N) is 2. The molecule has 0 radical (unpaired) electrons. The molecule has 8 heteroatoms. The van der Waals surface area contributed by atoms with Crippen LogP contribution in [0.2, 0.25) is 15.1 Å². The van der Waals surface area contributed by atoms with E-state index in [1.165, 1.54) is 12.1 Å². The minimum Gasteiger partial charge on any atom is -0.278 e. The van der Waals surface area contributed by atoms with Crippen LogP contribution < -0.4 is 5.43 Å². The van der Waals surface area contributed by atoms with Crippen molar-refractivity contribution in [3.8, 4) is 0 Å². The van der Waals surface area contributed by atoms with Crippen LogP contribution in [0.15, 0.2) is 41.5 Å². The highest BCUT2D eigenvalue weighted by atomic mass is 35.5. The van der Waals surface area contributed by atoms with Crippen molar-refractivity contribution in [3.05, 3.63) is 67.1 Å². The van der Waals surface area contributed by atoms with Gasteiger partial charge in [0.15, 0.2) is 0 Å². The van der Waals surface area contributed by atoms with E-state index in [0.29, 0.717) is 27.0 Å². The van der Waals surface area contributed by atoms with E-state index in [-0.39, 0.29) is 10.7 Å². The highest BCUT2D eigenvalue weighted by Crippen LogP contribution is 2.33. The third-order valence-electron chi connectivity index (χ3n) is 2.83. The topological polar surface area (TPSA) is 67.5 Å². The summed E-state index contributed by atoms with van der Waals surface area (Å²) < 4.78 is 0. The Kier molecular flexibility index (Phi) is 5.24. The monoisotopic (exact) mass is 357 g/mol. The second kappa shape index (κ2) is 6.96. The Balaban J connectivity index is 2.25. The fourth-order valence-corrected chi connectivity index (χ4v) is 2.38. The van der Waals surface area contributed by atoms with Crippen molar-refractivity contribution in [3.63, 3.8) is 0 Å². The van der Waals surface area contributed by atoms with Crippen LogP contribution in [-0.2, 0) is 0 Å². The van der Waals surface area contributed by atoms with E-state index >= 15 is 0 Å². The number of hydrazone groups is 1. The average molecular weight is 359 g/mol. The van der Waals surface area contributed by atoms with Crippen LogP contribution in [-0.4, -0.2) is 10.6 Å². The van der Waals surface area contributed by atoms with E-state index in [2.05, 4.69) is 10.5 Å². The molecule has 5 nitrogen and oxygen atoms in total. The van der Waals surface area contributed by atoms with Gasteiger partial charge in [-0.15, -0.1) is 0 Å². The molecule has 0 aliphatic heterocycles. The van der Waals surface area contributed by atoms with Gasteiger partial charge >= 0.3 is 0 Å². The normalized spacial score (nSPS) is 11.4. The van der Waals surface area contributed by atoms with Crippen LogP contribution in [0.1, 0.15) is 12.5 Å². The molecule has 0 spiro atoms. The summed E-state index contributed by atoms with van der Waals surface area (Å²) in [6.45, 7) is 1.73. The number of nitrogens with one attached hydrogen (secondary N) is 1. The summed E-state index contributed by atoms with van der Waals surface area (Å²) >= 11 is 18.0. The van der Waals surface area contributed by atoms with Gasteiger partial charge in [-0.05, 0) is 19.1 Å². The lowest BCUT2D eigenvalue weighted by Gasteiger charge is -2.07. The van der Waals surface area contributed by atoms with Gasteiger partial charge in [0, 0.05) is 17.7 Å². The molecule has 114 valence electrons. The Morgan fingerprint density at radius 2 is 1.91 bits per heavy atom. The second-order valence-corrected chi connectivity index (χ2v) is 5.50. The average Bonchev–Trinajstić information content (AvgIpc) is 2.50. The van der Waals surface area contributed by atoms with Crippen molar-refractivity contribution in [2.75, 3.05) is 5.43 Å². The van der Waals surface area contributed by atoms with Gasteiger partial charge in [0.25, 0.3) is 5.69 Å². The van der Waals surface area contributed by atoms with Gasteiger partial charge in [-0.3, -0.25) is 15.5 Å². The van der Waals surface area contributed by atoms with Crippen LogP contribution >= 0.6 is 34.8 Å². The van der Waals surface area contributed by atoms with Crippen LogP contribution in [0.5, 0.6) is 0 Å². The Morgan fingerprint density at radius 3 is 2.59 bits per heavy atom. The number of non-ortho nitro benzene ring substituents is 1. The zero-order valence-corrected chi connectivity index (χ0v) is 13.6. The molecular weight excluding hydrogens is 349 g/mol. The van der Waals surface area contributed by atoms with E-state index in [1.807, 2.05) is 0 Å². The predicted molar refractivity (Wildman–Crippen MR) is 90.4 cm³/mol. The summed E-state index contributed by atoms with van der Waals surface area (Å²) in [6.07, 6.45) is 0. The zero-order valence-electron chi connectivity index (χ0n) is 11.3. The van der Waals surface area contributed by atoms with Crippen molar-refractivity contribution >= 4 is 51.9 Å². The highest BCUT2D eigenvalue weighted by Gasteiger charge is 2.11. The molecule has 0 bridgehead atoms. The summed E-state index contributed by atoms with van der Waals surface area (Å²) in [4.78, 5) is 10.2. The number of rotatable bonds is 4. The van der Waals surface area contributed by atoms with Crippen molar-refractivity contribution in [2.45, 2.75) is 6.92 Å². The highest BCUT2D eigenvalue weighted by molar-refractivity contribution is 6.49. The Bertz CT molecular complexity index is 763. The molecule has 2 rings (SSSR count). The van der Waals surface area contributed by atoms with Crippen LogP contribution in [0.3, 0.4) is 0 Å². The van der Waals surface area contributed by atoms with Gasteiger partial charge in [-0.2, -0.15) is 5.10 Å². The van der Waals surface area contributed by atoms with Crippen molar-refractivity contribution < 1.29 is 4.92 Å². The lowest BCUT2D eigenvalue weighted by molar-refractivity contribution is -0.384. The summed E-state index contributed by atoms with van der Waals surface area (Å²) in [5.41, 5.74) is 4.40. The SMILES string of the molecule is CC(=NNc1cccc([N+](=O)[O-])c1)c1ccc(Cl)c(Cl)c1Cl. The van der Waals surface area contributed by atoms with Gasteiger partial charge < -0.3 is 0 Å². The molecule has 2 aromatic carbocycles. The van der Waals surface area contributed by atoms with Crippen LogP contribution in [0, 0.1) is 10.1 Å². The maximum absolute atomic E-state index is 10.7. The number of nitro groups is 1. The second-order valence-electron chi connectivity index (χ2n) is 4.34. The summed E-state index contributed by atoms with van der Waals surface area (Å²) in [5.74, 6) is 0. The lowest BCUT2D eigenvalue weighted by Crippen LogP contribution is -2.01. The summed E-state index contributed by atoms with van der Waals surface area (Å²) in [5, 5.41) is 15.8. The lowest BCUT2D eigenvalue weighted by atomic mass is 10.1. The van der Waals surface area contributed by atoms with Gasteiger partial charge in [0.05, 0.1) is 31.4 Å². The Hall–Kier alpha value is -1.82. The van der Waals surface area contributed by atoms with Crippen molar-refractivity contribution in [1.82, 2.24) is 0 Å². The fraction of sp³-hybridized carbons (Fsp3) is 0.0714. The molecule has 2 aromatic rings. The first-order chi connectivity index (χ1) is 10.4. The number of anilines is 1. The maximum atomic E-state index is 10.7. The largest absolute Gasteiger partial charge is 0.278 e. The smallest absolute Gasteiger partial charge is 0.271 e. The van der Waals surface area contributed by atoms with Crippen molar-refractivity contribution in [1.29, 1.82) is 0 Å². The first-order valence-corrected chi connectivity index (χ1v) is 7.22. The van der Waals surface area contributed by atoms with E-state index in [9.17, 15) is 10.1 Å². The van der Waals surface area contributed by atoms with Crippen molar-refractivity contribution in [2.24, 2.45) is 5.10 Å². The molecule has 22 heavy (non-hydrogen) atoms. The molecular formula is C14H10Cl3N3O2. The number of hydrogen-bond donors (Lipinski definition) is 1. The molecule has 0 unspecified atom stereocenters. The minimum atomic E-state index is -0.475. The van der Waals surface area contributed by atoms with Crippen LogP contribution in [0.25, 0.3) is 0 Å². The number of halogens is 3. The van der Waals surface area contributed by atoms with Gasteiger partial charge in [0.2, 0.25) is 0 Å². The van der Waals surface area contributed by atoms with Gasteiger partial charge in [-0.1, -0.05) is 46.9 Å². The third-order valence-corrected chi connectivity index (χ3v) is 4.13. The molecule has 0 atom stereocenters. The predicted octanol–water partition coefficient (Wildman–Crippen LogP) is 5.39. The third kappa shape index (κ3) is 3.68. The van der Waals surface area contributed by atoms with E-state index in [4.69, 9.17) is 34.8 Å². The van der Waals surface area contributed by atoms with Crippen LogP contribution in [0.4, 0.5) is 11.4 Å². The Labute approximate surface area is 141 Å². The van der Waals surface area contributed by atoms with E-state index in [0.717, 1.165) is 0 Å². The summed E-state index contributed by atoms with van der Waals surface area (Å²) in [6, 6.07) is 9.34. The fourth-order valence-electron chi connectivity index (χ4n) is 1.70.